The predicted octanol–water partition coefficient (Wildman–Crippen LogP) is 8.05. The third-order valence-electron chi connectivity index (χ3n) is 7.65. The summed E-state index contributed by atoms with van der Waals surface area (Å²) in [6.45, 7) is 7.81. The van der Waals surface area contributed by atoms with Crippen LogP contribution in [0.25, 0.3) is 10.8 Å². The van der Waals surface area contributed by atoms with Crippen molar-refractivity contribution in [3.05, 3.63) is 113 Å². The molecule has 0 bridgehead atoms. The SMILES string of the molecule is COC(=O)c1cc(C2C[C@H](CN(C(=O)OC(C)(C)C)[C@H](C)c3cccc4ccccc34)Oc3ccccc32)ccc1F. The Kier molecular flexibility index (Phi) is 8.21. The van der Waals surface area contributed by atoms with Gasteiger partial charge in [0.1, 0.15) is 23.3 Å². The van der Waals surface area contributed by atoms with Crippen molar-refractivity contribution in [3.63, 3.8) is 0 Å². The second-order valence-corrected chi connectivity index (χ2v) is 11.7. The zero-order valence-corrected chi connectivity index (χ0v) is 24.6. The molecule has 1 aliphatic rings. The minimum absolute atomic E-state index is 0.115. The molecule has 5 rings (SSSR count). The largest absolute Gasteiger partial charge is 0.488 e. The molecule has 0 aromatic heterocycles. The molecule has 1 heterocycles. The Balaban J connectivity index is 1.51. The van der Waals surface area contributed by atoms with Gasteiger partial charge in [-0.1, -0.05) is 66.7 Å². The quantitative estimate of drug-likeness (QED) is 0.220. The number of nitrogens with zero attached hydrogens (tertiary/aromatic N) is 1. The molecule has 0 saturated carbocycles. The number of fused-ring (bicyclic) bond motifs is 2. The summed E-state index contributed by atoms with van der Waals surface area (Å²) in [5.74, 6) is -0.879. The van der Waals surface area contributed by atoms with Crippen LogP contribution < -0.4 is 4.74 Å². The Morgan fingerprint density at radius 3 is 2.48 bits per heavy atom. The third-order valence-corrected chi connectivity index (χ3v) is 7.65. The minimum Gasteiger partial charge on any atom is -0.488 e. The van der Waals surface area contributed by atoms with Gasteiger partial charge in [-0.3, -0.25) is 4.90 Å². The van der Waals surface area contributed by atoms with E-state index in [0.29, 0.717) is 12.2 Å². The number of carbonyl (C=O) groups excluding carboxylic acids is 2. The third kappa shape index (κ3) is 6.10. The lowest BCUT2D eigenvalue weighted by atomic mass is 9.83. The fourth-order valence-corrected chi connectivity index (χ4v) is 5.66. The number of esters is 1. The van der Waals surface area contributed by atoms with Gasteiger partial charge >= 0.3 is 12.1 Å². The van der Waals surface area contributed by atoms with Crippen LogP contribution in [0.1, 0.15) is 73.1 Å². The molecule has 1 aliphatic heterocycles. The molecule has 0 radical (unpaired) electrons. The molecule has 0 aliphatic carbocycles. The van der Waals surface area contributed by atoms with E-state index >= 15 is 0 Å². The number of para-hydroxylation sites is 1. The highest BCUT2D eigenvalue weighted by Gasteiger charge is 2.35. The standard InChI is InChI=1S/C35H36FNO5/c1-22(26-15-10-12-23-11-6-7-13-27(23)26)37(34(39)42-35(2,3)4)21-25-20-29(28-14-8-9-16-32(28)41-25)24-17-18-31(36)30(19-24)33(38)40-5/h6-19,22,25,29H,20-21H2,1-5H3/t22-,25-,29?/m1/s1. The Morgan fingerprint density at radius 2 is 1.71 bits per heavy atom. The van der Waals surface area contributed by atoms with Crippen LogP contribution in [0.3, 0.4) is 0 Å². The summed E-state index contributed by atoms with van der Waals surface area (Å²) in [6.07, 6.45) is -0.330. The number of rotatable bonds is 6. The maximum Gasteiger partial charge on any atom is 0.410 e. The van der Waals surface area contributed by atoms with Crippen molar-refractivity contribution in [1.82, 2.24) is 4.90 Å². The monoisotopic (exact) mass is 569 g/mol. The van der Waals surface area contributed by atoms with Gasteiger partial charge in [-0.2, -0.15) is 0 Å². The first-order valence-corrected chi connectivity index (χ1v) is 14.2. The van der Waals surface area contributed by atoms with E-state index in [2.05, 4.69) is 18.2 Å². The topological polar surface area (TPSA) is 65.1 Å². The first-order chi connectivity index (χ1) is 20.1. The molecule has 4 aromatic rings. The molecule has 0 spiro atoms. The van der Waals surface area contributed by atoms with Gasteiger partial charge < -0.3 is 14.2 Å². The van der Waals surface area contributed by atoms with Crippen LogP contribution >= 0.6 is 0 Å². The van der Waals surface area contributed by atoms with Crippen molar-refractivity contribution in [2.75, 3.05) is 13.7 Å². The van der Waals surface area contributed by atoms with Crippen LogP contribution in [-0.2, 0) is 9.47 Å². The smallest absolute Gasteiger partial charge is 0.410 e. The van der Waals surface area contributed by atoms with E-state index in [1.807, 2.05) is 76.2 Å². The molecule has 0 fully saturated rings. The number of methoxy groups -OCH3 is 1. The molecular weight excluding hydrogens is 533 g/mol. The average Bonchev–Trinajstić information content (AvgIpc) is 2.97. The van der Waals surface area contributed by atoms with Gasteiger partial charge in [0.25, 0.3) is 0 Å². The Labute approximate surface area is 246 Å². The van der Waals surface area contributed by atoms with Gasteiger partial charge in [-0.05, 0) is 74.2 Å². The first kappa shape index (κ1) is 29.1. The van der Waals surface area contributed by atoms with Gasteiger partial charge in [0, 0.05) is 11.5 Å². The molecule has 3 atom stereocenters. The summed E-state index contributed by atoms with van der Waals surface area (Å²) in [6, 6.07) is 26.1. The fourth-order valence-electron chi connectivity index (χ4n) is 5.66. The zero-order valence-electron chi connectivity index (χ0n) is 24.6. The number of hydrogen-bond donors (Lipinski definition) is 0. The van der Waals surface area contributed by atoms with Crippen molar-refractivity contribution in [2.45, 2.75) is 57.8 Å². The lowest BCUT2D eigenvalue weighted by molar-refractivity contribution is 0.00569. The number of amides is 1. The van der Waals surface area contributed by atoms with E-state index < -0.39 is 29.6 Å². The van der Waals surface area contributed by atoms with Gasteiger partial charge in [0.2, 0.25) is 0 Å². The Hall–Kier alpha value is -4.39. The fraction of sp³-hybridized carbons (Fsp3) is 0.314. The van der Waals surface area contributed by atoms with Crippen molar-refractivity contribution in [3.8, 4) is 5.75 Å². The van der Waals surface area contributed by atoms with Crippen molar-refractivity contribution < 1.29 is 28.2 Å². The van der Waals surface area contributed by atoms with Crippen molar-refractivity contribution in [2.24, 2.45) is 0 Å². The lowest BCUT2D eigenvalue weighted by Crippen LogP contribution is -2.45. The molecule has 0 saturated heterocycles. The Bertz CT molecular complexity index is 1610. The van der Waals surface area contributed by atoms with Crippen molar-refractivity contribution in [1.29, 1.82) is 0 Å². The van der Waals surface area contributed by atoms with Crippen LogP contribution in [0.4, 0.5) is 9.18 Å². The zero-order chi connectivity index (χ0) is 30.0. The second-order valence-electron chi connectivity index (χ2n) is 11.7. The second kappa shape index (κ2) is 11.8. The molecule has 42 heavy (non-hydrogen) atoms. The minimum atomic E-state index is -0.730. The van der Waals surface area contributed by atoms with Crippen LogP contribution in [0.5, 0.6) is 5.75 Å². The van der Waals surface area contributed by atoms with E-state index in [0.717, 1.165) is 27.5 Å². The number of halogens is 1. The van der Waals surface area contributed by atoms with E-state index in [9.17, 15) is 14.0 Å². The van der Waals surface area contributed by atoms with Gasteiger partial charge in [0.05, 0.1) is 25.3 Å². The normalized spacial score (nSPS) is 17.1. The summed E-state index contributed by atoms with van der Waals surface area (Å²) in [5.41, 5.74) is 1.91. The van der Waals surface area contributed by atoms with E-state index in [1.165, 1.54) is 13.2 Å². The number of ether oxygens (including phenoxy) is 3. The van der Waals surface area contributed by atoms with Crippen LogP contribution in [0, 0.1) is 5.82 Å². The van der Waals surface area contributed by atoms with Gasteiger partial charge in [-0.15, -0.1) is 0 Å². The summed E-state index contributed by atoms with van der Waals surface area (Å²) >= 11 is 0. The highest BCUT2D eigenvalue weighted by Crippen LogP contribution is 2.42. The van der Waals surface area contributed by atoms with Crippen molar-refractivity contribution >= 4 is 22.8 Å². The maximum atomic E-state index is 14.5. The maximum absolute atomic E-state index is 14.5. The summed E-state index contributed by atoms with van der Waals surface area (Å²) in [7, 11) is 1.23. The van der Waals surface area contributed by atoms with Gasteiger partial charge in [0.15, 0.2) is 0 Å². The summed E-state index contributed by atoms with van der Waals surface area (Å²) in [5, 5.41) is 2.15. The average molecular weight is 570 g/mol. The highest BCUT2D eigenvalue weighted by molar-refractivity contribution is 5.90. The molecule has 1 unspecified atom stereocenters. The predicted molar refractivity (Wildman–Crippen MR) is 160 cm³/mol. The summed E-state index contributed by atoms with van der Waals surface area (Å²) < 4.78 is 31.7. The van der Waals surface area contributed by atoms with Crippen LogP contribution in [-0.4, -0.2) is 42.3 Å². The molecular formula is C35H36FNO5. The van der Waals surface area contributed by atoms with E-state index in [1.54, 1.807) is 17.0 Å². The molecule has 4 aromatic carbocycles. The van der Waals surface area contributed by atoms with Crippen LogP contribution in [0.15, 0.2) is 84.9 Å². The van der Waals surface area contributed by atoms with E-state index in [4.69, 9.17) is 14.2 Å². The molecule has 7 heteroatoms. The number of hydrogen-bond acceptors (Lipinski definition) is 5. The molecule has 0 N–H and O–H groups in total. The van der Waals surface area contributed by atoms with E-state index in [-0.39, 0.29) is 24.1 Å². The number of carbonyl (C=O) groups is 2. The lowest BCUT2D eigenvalue weighted by Gasteiger charge is -2.38. The first-order valence-electron chi connectivity index (χ1n) is 14.2. The van der Waals surface area contributed by atoms with Crippen LogP contribution in [0.2, 0.25) is 0 Å². The molecule has 6 nitrogen and oxygen atoms in total. The van der Waals surface area contributed by atoms with Gasteiger partial charge in [-0.25, -0.2) is 14.0 Å². The number of benzene rings is 4. The molecule has 1 amide bonds. The molecule has 218 valence electrons. The highest BCUT2D eigenvalue weighted by atomic mass is 19.1. The summed E-state index contributed by atoms with van der Waals surface area (Å²) in [4.78, 5) is 27.7. The Morgan fingerprint density at radius 1 is 1.00 bits per heavy atom.